The van der Waals surface area contributed by atoms with Crippen molar-refractivity contribution in [3.63, 3.8) is 0 Å². The highest BCUT2D eigenvalue weighted by Gasteiger charge is 2.52. The zero-order valence-corrected chi connectivity index (χ0v) is 35.7. The van der Waals surface area contributed by atoms with Crippen LogP contribution in [0.4, 0.5) is 0 Å². The van der Waals surface area contributed by atoms with Gasteiger partial charge in [-0.3, -0.25) is 14.2 Å². The number of carbonyl (C=O) groups is 2. The van der Waals surface area contributed by atoms with Gasteiger partial charge >= 0.3 is 11.9 Å². The summed E-state index contributed by atoms with van der Waals surface area (Å²) in [6.45, 7) is 8.08. The summed E-state index contributed by atoms with van der Waals surface area (Å²) in [4.78, 5) is 37.9. The van der Waals surface area contributed by atoms with Crippen LogP contribution >= 0.6 is 7.82 Å². The molecular formula is C40H78N2O10P. The van der Waals surface area contributed by atoms with Crippen LogP contribution in [0.15, 0.2) is 0 Å². The molecule has 1 fully saturated rings. The number of quaternary nitrogens is 1. The van der Waals surface area contributed by atoms with Gasteiger partial charge in [0, 0.05) is 12.8 Å². The first-order valence-electron chi connectivity index (χ1n) is 20.9. The van der Waals surface area contributed by atoms with Gasteiger partial charge in [-0.1, -0.05) is 110 Å². The number of unbranched alkanes of at least 4 members (excludes halogenated alkanes) is 16. The number of phosphoric ester groups is 1. The topological polar surface area (TPSA) is 144 Å². The fourth-order valence-electron chi connectivity index (χ4n) is 6.50. The first kappa shape index (κ1) is 49.9. The molecule has 3 atom stereocenters. The Kier molecular flexibility index (Phi) is 25.9. The molecule has 12 nitrogen and oxygen atoms in total. The van der Waals surface area contributed by atoms with E-state index in [1.54, 1.807) is 0 Å². The first-order valence-corrected chi connectivity index (χ1v) is 22.4. The maximum absolute atomic E-state index is 13.3. The fourth-order valence-corrected chi connectivity index (χ4v) is 7.22. The highest BCUT2D eigenvalue weighted by molar-refractivity contribution is 7.45. The van der Waals surface area contributed by atoms with Crippen LogP contribution in [0, 0.1) is 0 Å². The van der Waals surface area contributed by atoms with Gasteiger partial charge in [0.15, 0.2) is 6.10 Å². The lowest BCUT2D eigenvalue weighted by Crippen LogP contribution is -2.49. The number of hydroxylamine groups is 2. The average Bonchev–Trinajstić information content (AvgIpc) is 3.31. The van der Waals surface area contributed by atoms with Crippen LogP contribution < -0.4 is 4.89 Å². The van der Waals surface area contributed by atoms with Crippen LogP contribution in [0.1, 0.15) is 175 Å². The number of likely N-dealkylation sites (N-methyl/N-ethyl adjacent to an activating group) is 1. The number of phosphoric acid groups is 1. The summed E-state index contributed by atoms with van der Waals surface area (Å²) in [5.41, 5.74) is -1.52. The lowest BCUT2D eigenvalue weighted by Gasteiger charge is -2.35. The standard InChI is InChI=1S/C40H78N2O10P/c1-8-10-12-14-16-17-18-19-20-21-23-27-37(43)48-33-36(34-51-53(46,47)50-32-31-42(5,6)7)52-38(44)28-24-26-30-40(29-25-22-15-13-11-9-2)41(45)39(3,4)35-49-40/h36H,8-35H2,1-7H3. The van der Waals surface area contributed by atoms with E-state index in [1.807, 2.05) is 35.0 Å². The molecule has 0 aromatic rings. The predicted octanol–water partition coefficient (Wildman–Crippen LogP) is 8.81. The number of carbonyl (C=O) groups excluding carboxylic acids is 2. The van der Waals surface area contributed by atoms with E-state index in [1.165, 1.54) is 64.2 Å². The third-order valence-electron chi connectivity index (χ3n) is 9.88. The van der Waals surface area contributed by atoms with Gasteiger partial charge in [-0.25, -0.2) is 0 Å². The Balaban J connectivity index is 2.61. The summed E-state index contributed by atoms with van der Waals surface area (Å²) in [5.74, 6) is -0.993. The molecule has 1 radical (unpaired) electrons. The second-order valence-corrected chi connectivity index (χ2v) is 18.1. The molecule has 0 bridgehead atoms. The average molecular weight is 778 g/mol. The summed E-state index contributed by atoms with van der Waals surface area (Å²) in [6, 6.07) is 0. The molecule has 0 aromatic carbocycles. The Morgan fingerprint density at radius 3 is 1.72 bits per heavy atom. The van der Waals surface area contributed by atoms with Gasteiger partial charge in [-0.15, -0.1) is 10.3 Å². The van der Waals surface area contributed by atoms with Gasteiger partial charge in [-0.2, -0.15) is 0 Å². The van der Waals surface area contributed by atoms with Crippen LogP contribution in [0.2, 0.25) is 0 Å². The van der Waals surface area contributed by atoms with E-state index in [2.05, 4.69) is 13.8 Å². The molecule has 1 aliphatic heterocycles. The van der Waals surface area contributed by atoms with E-state index >= 15 is 0 Å². The molecule has 0 spiro atoms. The number of ether oxygens (including phenoxy) is 3. The molecule has 1 heterocycles. The summed E-state index contributed by atoms with van der Waals surface area (Å²) in [5, 5.41) is 14.5. The van der Waals surface area contributed by atoms with Crippen molar-refractivity contribution in [2.45, 2.75) is 193 Å². The van der Waals surface area contributed by atoms with Gasteiger partial charge < -0.3 is 32.6 Å². The smallest absolute Gasteiger partial charge is 0.306 e. The van der Waals surface area contributed by atoms with Crippen molar-refractivity contribution in [1.82, 2.24) is 5.06 Å². The van der Waals surface area contributed by atoms with Crippen LogP contribution in [0.25, 0.3) is 0 Å². The highest BCUT2D eigenvalue weighted by Crippen LogP contribution is 2.41. The van der Waals surface area contributed by atoms with Crippen molar-refractivity contribution < 1.29 is 52.0 Å². The number of nitrogens with zero attached hydrogens (tertiary/aromatic N) is 2. The Morgan fingerprint density at radius 2 is 1.21 bits per heavy atom. The van der Waals surface area contributed by atoms with Crippen LogP contribution in [-0.4, -0.2) is 93.0 Å². The third-order valence-corrected chi connectivity index (χ3v) is 10.8. The second-order valence-electron chi connectivity index (χ2n) is 16.7. The normalized spacial score (nSPS) is 19.3. The van der Waals surface area contributed by atoms with E-state index in [4.69, 9.17) is 23.3 Å². The van der Waals surface area contributed by atoms with Crippen molar-refractivity contribution >= 4 is 19.8 Å². The summed E-state index contributed by atoms with van der Waals surface area (Å²) >= 11 is 0. The van der Waals surface area contributed by atoms with E-state index in [9.17, 15) is 24.3 Å². The first-order chi connectivity index (χ1) is 25.1. The summed E-state index contributed by atoms with van der Waals surface area (Å²) in [6.07, 6.45) is 20.9. The van der Waals surface area contributed by atoms with Crippen LogP contribution in [0.3, 0.4) is 0 Å². The van der Waals surface area contributed by atoms with Gasteiger partial charge in [0.05, 0.1) is 39.9 Å². The maximum atomic E-state index is 13.3. The van der Waals surface area contributed by atoms with Crippen LogP contribution in [0.5, 0.6) is 0 Å². The number of hydrogen-bond donors (Lipinski definition) is 0. The van der Waals surface area contributed by atoms with Crippen molar-refractivity contribution in [2.75, 3.05) is 54.1 Å². The number of rotatable bonds is 34. The molecule has 3 unspecified atom stereocenters. The maximum Gasteiger partial charge on any atom is 0.306 e. The molecule has 0 N–H and O–H groups in total. The third kappa shape index (κ3) is 24.2. The fraction of sp³-hybridized carbons (Fsp3) is 0.950. The van der Waals surface area contributed by atoms with Crippen molar-refractivity contribution in [1.29, 1.82) is 0 Å². The molecule has 0 aromatic heterocycles. The molecule has 1 aliphatic rings. The summed E-state index contributed by atoms with van der Waals surface area (Å²) < 4.78 is 40.1. The number of esters is 2. The molecule has 1 rings (SSSR count). The van der Waals surface area contributed by atoms with E-state index in [0.29, 0.717) is 49.7 Å². The quantitative estimate of drug-likeness (QED) is 0.0269. The number of hydrogen-bond acceptors (Lipinski definition) is 10. The van der Waals surface area contributed by atoms with Crippen LogP contribution in [-0.2, 0) is 42.6 Å². The molecule has 1 saturated heterocycles. The molecule has 0 aliphatic carbocycles. The Hall–Kier alpha value is -1.11. The van der Waals surface area contributed by atoms with Crippen molar-refractivity contribution in [3.05, 3.63) is 0 Å². The predicted molar refractivity (Wildman–Crippen MR) is 206 cm³/mol. The minimum atomic E-state index is -4.68. The Morgan fingerprint density at radius 1 is 0.736 bits per heavy atom. The minimum absolute atomic E-state index is 0.0492. The Bertz CT molecular complexity index is 1020. The second kappa shape index (κ2) is 27.5. The SMILES string of the molecule is CCCCCCCCCCCCCC(=O)OCC(COP(=O)([O-])OCC[N+](C)(C)C)OC(=O)CCCCC1(CCCCCCCC)OCC(C)(C)N1[O]. The zero-order valence-electron chi connectivity index (χ0n) is 34.8. The Labute approximate surface area is 323 Å². The molecule has 13 heteroatoms. The van der Waals surface area contributed by atoms with E-state index in [0.717, 1.165) is 43.6 Å². The molecular weight excluding hydrogens is 699 g/mol. The monoisotopic (exact) mass is 778 g/mol. The highest BCUT2D eigenvalue weighted by atomic mass is 31.2. The molecule has 53 heavy (non-hydrogen) atoms. The largest absolute Gasteiger partial charge is 0.756 e. The van der Waals surface area contributed by atoms with Gasteiger partial charge in [0.1, 0.15) is 25.5 Å². The molecule has 0 saturated carbocycles. The lowest BCUT2D eigenvalue weighted by molar-refractivity contribution is -0.870. The van der Waals surface area contributed by atoms with Crippen molar-refractivity contribution in [3.8, 4) is 0 Å². The van der Waals surface area contributed by atoms with Gasteiger partial charge in [0.2, 0.25) is 0 Å². The van der Waals surface area contributed by atoms with Gasteiger partial charge in [0.25, 0.3) is 7.82 Å². The minimum Gasteiger partial charge on any atom is -0.756 e. The zero-order chi connectivity index (χ0) is 39.6. The van der Waals surface area contributed by atoms with E-state index in [-0.39, 0.29) is 26.1 Å². The van der Waals surface area contributed by atoms with E-state index < -0.39 is 43.7 Å². The lowest BCUT2D eigenvalue weighted by atomic mass is 9.95. The molecule has 313 valence electrons. The summed E-state index contributed by atoms with van der Waals surface area (Å²) in [7, 11) is 1.05. The van der Waals surface area contributed by atoms with Crippen molar-refractivity contribution in [2.24, 2.45) is 0 Å². The van der Waals surface area contributed by atoms with Gasteiger partial charge in [-0.05, 0) is 52.4 Å². The molecule has 0 amide bonds.